The number of anilines is 1. The Hall–Kier alpha value is -3.48. The lowest BCUT2D eigenvalue weighted by Gasteiger charge is -2.19. The normalized spacial score (nSPS) is 13.8. The number of nitrogens with two attached hydrogens (primary N) is 1. The van der Waals surface area contributed by atoms with Crippen LogP contribution in [0.1, 0.15) is 28.5 Å². The molecule has 0 atom stereocenters. The van der Waals surface area contributed by atoms with E-state index in [4.69, 9.17) is 19.9 Å². The van der Waals surface area contributed by atoms with E-state index in [1.165, 1.54) is 5.56 Å². The molecule has 2 aliphatic rings. The molecule has 0 fully saturated rings. The van der Waals surface area contributed by atoms with Crippen LogP contribution in [0, 0.1) is 0 Å². The van der Waals surface area contributed by atoms with E-state index in [1.54, 1.807) is 11.6 Å². The average molecular weight is 377 g/mol. The Morgan fingerprint density at radius 1 is 1.18 bits per heavy atom. The van der Waals surface area contributed by atoms with Crippen LogP contribution in [0.3, 0.4) is 0 Å². The summed E-state index contributed by atoms with van der Waals surface area (Å²) in [7, 11) is 0. The lowest BCUT2D eigenvalue weighted by atomic mass is 9.88. The Kier molecular flexibility index (Phi) is 3.75. The highest BCUT2D eigenvalue weighted by Crippen LogP contribution is 2.40. The molecule has 0 spiro atoms. The second kappa shape index (κ2) is 6.30. The van der Waals surface area contributed by atoms with Gasteiger partial charge in [-0.1, -0.05) is 6.07 Å². The minimum Gasteiger partial charge on any atom is -0.461 e. The Morgan fingerprint density at radius 3 is 2.89 bits per heavy atom. The van der Waals surface area contributed by atoms with Crippen LogP contribution in [0.2, 0.25) is 0 Å². The summed E-state index contributed by atoms with van der Waals surface area (Å²) in [5, 5.41) is 4.64. The van der Waals surface area contributed by atoms with Gasteiger partial charge in [-0.3, -0.25) is 0 Å². The molecule has 142 valence electrons. The highest BCUT2D eigenvalue weighted by Gasteiger charge is 2.30. The number of carbonyl (C=O) groups is 1. The molecule has 5 rings (SSSR count). The molecular weight excluding hydrogens is 358 g/mol. The molecule has 7 nitrogen and oxygen atoms in total. The standard InChI is InChI=1S/C21H19N3O4/c1-2-26-21(25)19-15-7-4-12-3-5-13(22)9-16(12)20(15)24(23-19)14-6-8-17-18(10-14)28-11-27-17/h3,5-6,8-10H,2,4,7,11,22H2,1H3. The Balaban J connectivity index is 1.74. The maximum atomic E-state index is 12.6. The number of esters is 1. The van der Waals surface area contributed by atoms with Gasteiger partial charge < -0.3 is 19.9 Å². The van der Waals surface area contributed by atoms with Crippen LogP contribution in [0.15, 0.2) is 36.4 Å². The Bertz CT molecular complexity index is 1100. The van der Waals surface area contributed by atoms with Crippen molar-refractivity contribution in [2.24, 2.45) is 0 Å². The maximum absolute atomic E-state index is 12.6. The Morgan fingerprint density at radius 2 is 2.04 bits per heavy atom. The van der Waals surface area contributed by atoms with Crippen molar-refractivity contribution in [3.63, 3.8) is 0 Å². The van der Waals surface area contributed by atoms with Gasteiger partial charge >= 0.3 is 5.97 Å². The molecule has 2 heterocycles. The highest BCUT2D eigenvalue weighted by atomic mass is 16.7. The average Bonchev–Trinajstić information content (AvgIpc) is 3.32. The van der Waals surface area contributed by atoms with Crippen LogP contribution in [-0.4, -0.2) is 29.1 Å². The lowest BCUT2D eigenvalue weighted by molar-refractivity contribution is 0.0517. The van der Waals surface area contributed by atoms with Crippen molar-refractivity contribution in [3.8, 4) is 28.4 Å². The van der Waals surface area contributed by atoms with Gasteiger partial charge in [-0.25, -0.2) is 9.48 Å². The molecule has 3 aromatic rings. The molecule has 0 amide bonds. The predicted octanol–water partition coefficient (Wildman–Crippen LogP) is 3.13. The van der Waals surface area contributed by atoms with E-state index in [0.29, 0.717) is 35.9 Å². The van der Waals surface area contributed by atoms with E-state index in [2.05, 4.69) is 5.10 Å². The first-order valence-corrected chi connectivity index (χ1v) is 9.23. The number of carbonyl (C=O) groups excluding carboxylic acids is 1. The molecule has 1 aromatic heterocycles. The second-order valence-electron chi connectivity index (χ2n) is 6.76. The van der Waals surface area contributed by atoms with Crippen LogP contribution < -0.4 is 15.2 Å². The Labute approximate surface area is 161 Å². The van der Waals surface area contributed by atoms with Gasteiger partial charge in [0.1, 0.15) is 0 Å². The predicted molar refractivity (Wildman–Crippen MR) is 103 cm³/mol. The quantitative estimate of drug-likeness (QED) is 0.557. The van der Waals surface area contributed by atoms with Gasteiger partial charge in [0.25, 0.3) is 0 Å². The number of fused-ring (bicyclic) bond motifs is 4. The number of rotatable bonds is 3. The molecule has 28 heavy (non-hydrogen) atoms. The molecular formula is C21H19N3O4. The largest absolute Gasteiger partial charge is 0.461 e. The lowest BCUT2D eigenvalue weighted by Crippen LogP contribution is -2.11. The van der Waals surface area contributed by atoms with Crippen LogP contribution >= 0.6 is 0 Å². The van der Waals surface area contributed by atoms with Crippen LogP contribution in [0.25, 0.3) is 16.9 Å². The van der Waals surface area contributed by atoms with E-state index >= 15 is 0 Å². The summed E-state index contributed by atoms with van der Waals surface area (Å²) in [5.41, 5.74) is 11.8. The first-order valence-electron chi connectivity index (χ1n) is 9.23. The molecule has 2 aromatic carbocycles. The summed E-state index contributed by atoms with van der Waals surface area (Å²) in [4.78, 5) is 12.6. The van der Waals surface area contributed by atoms with Crippen molar-refractivity contribution >= 4 is 11.7 Å². The second-order valence-corrected chi connectivity index (χ2v) is 6.76. The molecule has 1 aliphatic carbocycles. The fourth-order valence-corrected chi connectivity index (χ4v) is 3.82. The topological polar surface area (TPSA) is 88.6 Å². The third kappa shape index (κ3) is 2.51. The molecule has 2 N–H and O–H groups in total. The van der Waals surface area contributed by atoms with Crippen molar-refractivity contribution in [1.29, 1.82) is 0 Å². The molecule has 0 saturated carbocycles. The fraction of sp³-hybridized carbons (Fsp3) is 0.238. The summed E-state index contributed by atoms with van der Waals surface area (Å²) in [6.45, 7) is 2.28. The van der Waals surface area contributed by atoms with Gasteiger partial charge in [0.05, 0.1) is 18.0 Å². The van der Waals surface area contributed by atoms with Gasteiger partial charge in [0.15, 0.2) is 17.2 Å². The fourth-order valence-electron chi connectivity index (χ4n) is 3.82. The molecule has 0 unspecified atom stereocenters. The van der Waals surface area contributed by atoms with Crippen molar-refractivity contribution in [2.75, 3.05) is 19.1 Å². The van der Waals surface area contributed by atoms with Crippen molar-refractivity contribution < 1.29 is 19.0 Å². The summed E-state index contributed by atoms with van der Waals surface area (Å²) < 4.78 is 17.9. The van der Waals surface area contributed by atoms with Gasteiger partial charge in [0, 0.05) is 22.9 Å². The highest BCUT2D eigenvalue weighted by molar-refractivity contribution is 5.92. The zero-order valence-electron chi connectivity index (χ0n) is 15.4. The first kappa shape index (κ1) is 16.7. The van der Waals surface area contributed by atoms with E-state index < -0.39 is 5.97 Å². The molecule has 0 bridgehead atoms. The number of hydrogen-bond donors (Lipinski definition) is 1. The summed E-state index contributed by atoms with van der Waals surface area (Å²) >= 11 is 0. The monoisotopic (exact) mass is 377 g/mol. The number of nitrogens with zero attached hydrogens (tertiary/aromatic N) is 2. The zero-order chi connectivity index (χ0) is 19.3. The van der Waals surface area contributed by atoms with Crippen LogP contribution in [0.4, 0.5) is 5.69 Å². The first-order chi connectivity index (χ1) is 13.7. The van der Waals surface area contributed by atoms with Crippen molar-refractivity contribution in [1.82, 2.24) is 9.78 Å². The third-order valence-corrected chi connectivity index (χ3v) is 5.09. The number of nitrogen functional groups attached to an aromatic ring is 1. The molecule has 0 radical (unpaired) electrons. The smallest absolute Gasteiger partial charge is 0.359 e. The minimum absolute atomic E-state index is 0.198. The summed E-state index contributed by atoms with van der Waals surface area (Å²) in [6, 6.07) is 11.5. The van der Waals surface area contributed by atoms with Crippen LogP contribution in [-0.2, 0) is 17.6 Å². The number of aromatic nitrogens is 2. The van der Waals surface area contributed by atoms with Gasteiger partial charge in [-0.05, 0) is 49.6 Å². The van der Waals surface area contributed by atoms with Crippen molar-refractivity contribution in [3.05, 3.63) is 53.2 Å². The number of benzene rings is 2. The summed E-state index contributed by atoms with van der Waals surface area (Å²) in [5.74, 6) is 0.939. The maximum Gasteiger partial charge on any atom is 0.359 e. The van der Waals surface area contributed by atoms with Crippen LogP contribution in [0.5, 0.6) is 11.5 Å². The van der Waals surface area contributed by atoms with E-state index in [0.717, 1.165) is 28.9 Å². The molecule has 0 saturated heterocycles. The number of hydrogen-bond acceptors (Lipinski definition) is 6. The van der Waals surface area contributed by atoms with Gasteiger partial charge in [-0.2, -0.15) is 5.10 Å². The van der Waals surface area contributed by atoms with Gasteiger partial charge in [0.2, 0.25) is 6.79 Å². The zero-order valence-corrected chi connectivity index (χ0v) is 15.4. The van der Waals surface area contributed by atoms with E-state index in [-0.39, 0.29) is 6.79 Å². The number of ether oxygens (including phenoxy) is 3. The molecule has 7 heteroatoms. The SMILES string of the molecule is CCOC(=O)c1nn(-c2ccc3c(c2)OCO3)c2c1CCc1ccc(N)cc1-2. The summed E-state index contributed by atoms with van der Waals surface area (Å²) in [6.07, 6.45) is 1.53. The van der Waals surface area contributed by atoms with E-state index in [9.17, 15) is 4.79 Å². The molecule has 1 aliphatic heterocycles. The third-order valence-electron chi connectivity index (χ3n) is 5.09. The number of aryl methyl sites for hydroxylation is 1. The van der Waals surface area contributed by atoms with Gasteiger partial charge in [-0.15, -0.1) is 0 Å². The van der Waals surface area contributed by atoms with Crippen molar-refractivity contribution in [2.45, 2.75) is 19.8 Å². The van der Waals surface area contributed by atoms with E-state index in [1.807, 2.05) is 36.4 Å². The minimum atomic E-state index is -0.411.